The normalized spacial score (nSPS) is 18.1. The van der Waals surface area contributed by atoms with Gasteiger partial charge in [-0.2, -0.15) is 0 Å². The lowest BCUT2D eigenvalue weighted by Crippen LogP contribution is -2.35. The number of aromatic nitrogens is 2. The summed E-state index contributed by atoms with van der Waals surface area (Å²) < 4.78 is 0. The molecule has 2 aromatic rings. The Hall–Kier alpha value is -2.21. The van der Waals surface area contributed by atoms with E-state index in [2.05, 4.69) is 20.9 Å². The average Bonchev–Trinajstić information content (AvgIpc) is 3.20. The van der Waals surface area contributed by atoms with E-state index in [0.717, 1.165) is 67.6 Å². The van der Waals surface area contributed by atoms with Crippen LogP contribution in [0.3, 0.4) is 0 Å². The van der Waals surface area contributed by atoms with Crippen LogP contribution in [0.1, 0.15) is 47.5 Å². The van der Waals surface area contributed by atoms with Crippen molar-refractivity contribution in [1.82, 2.24) is 14.9 Å². The summed E-state index contributed by atoms with van der Waals surface area (Å²) >= 11 is 1.54. The molecule has 136 valence electrons. The van der Waals surface area contributed by atoms with Gasteiger partial charge in [0, 0.05) is 32.4 Å². The predicted octanol–water partition coefficient (Wildman–Crippen LogP) is 3.85. The second kappa shape index (κ2) is 7.99. The molecule has 2 saturated heterocycles. The van der Waals surface area contributed by atoms with Crippen molar-refractivity contribution >= 4 is 28.5 Å². The molecule has 0 aliphatic carbocycles. The topological polar surface area (TPSA) is 49.3 Å². The molecule has 0 N–H and O–H groups in total. The van der Waals surface area contributed by atoms with Crippen LogP contribution in [0.15, 0.2) is 36.2 Å². The molecule has 0 saturated carbocycles. The Morgan fingerprint density at radius 3 is 2.58 bits per heavy atom. The first-order valence-electron chi connectivity index (χ1n) is 9.40. The van der Waals surface area contributed by atoms with E-state index in [1.807, 2.05) is 29.3 Å². The molecular weight excluding hydrogens is 344 g/mol. The molecule has 0 unspecified atom stereocenters. The van der Waals surface area contributed by atoms with E-state index in [9.17, 15) is 4.79 Å². The number of likely N-dealkylation sites (tertiary alicyclic amines) is 1. The zero-order valence-corrected chi connectivity index (χ0v) is 15.7. The van der Waals surface area contributed by atoms with E-state index in [4.69, 9.17) is 0 Å². The number of carbonyl (C=O) groups excluding carboxylic acids is 1. The second-order valence-corrected chi connectivity index (χ2v) is 7.91. The Balaban J connectivity index is 1.37. The maximum absolute atomic E-state index is 12.6. The SMILES string of the molecule is O=C(c1cnc(N2CCC(=Cc3ccccn3)CC2)s1)N1CCCCC1. The summed E-state index contributed by atoms with van der Waals surface area (Å²) in [4.78, 5) is 26.6. The summed E-state index contributed by atoms with van der Waals surface area (Å²) in [6.45, 7) is 3.67. The molecule has 5 nitrogen and oxygen atoms in total. The minimum atomic E-state index is 0.154. The van der Waals surface area contributed by atoms with Gasteiger partial charge in [-0.3, -0.25) is 9.78 Å². The van der Waals surface area contributed by atoms with Crippen LogP contribution in [0.25, 0.3) is 6.08 Å². The minimum Gasteiger partial charge on any atom is -0.347 e. The number of pyridine rings is 1. The Morgan fingerprint density at radius 1 is 1.04 bits per heavy atom. The predicted molar refractivity (Wildman–Crippen MR) is 106 cm³/mol. The summed E-state index contributed by atoms with van der Waals surface area (Å²) in [6.07, 6.45) is 11.3. The molecule has 2 fully saturated rings. The molecule has 0 bridgehead atoms. The Kier molecular flexibility index (Phi) is 5.29. The Labute approximate surface area is 158 Å². The molecule has 1 amide bonds. The third-order valence-corrected chi connectivity index (χ3v) is 6.11. The van der Waals surface area contributed by atoms with E-state index in [1.54, 1.807) is 6.20 Å². The second-order valence-electron chi connectivity index (χ2n) is 6.90. The summed E-state index contributed by atoms with van der Waals surface area (Å²) in [5.41, 5.74) is 2.46. The van der Waals surface area contributed by atoms with Crippen molar-refractivity contribution in [1.29, 1.82) is 0 Å². The van der Waals surface area contributed by atoms with Crippen molar-refractivity contribution < 1.29 is 4.79 Å². The largest absolute Gasteiger partial charge is 0.347 e. The first-order valence-corrected chi connectivity index (χ1v) is 10.2. The van der Waals surface area contributed by atoms with Gasteiger partial charge in [0.05, 0.1) is 11.9 Å². The number of rotatable bonds is 3. The number of carbonyl (C=O) groups is 1. The monoisotopic (exact) mass is 368 g/mol. The highest BCUT2D eigenvalue weighted by Gasteiger charge is 2.23. The third kappa shape index (κ3) is 3.96. The Morgan fingerprint density at radius 2 is 1.85 bits per heavy atom. The summed E-state index contributed by atoms with van der Waals surface area (Å²) in [7, 11) is 0. The van der Waals surface area contributed by atoms with E-state index in [-0.39, 0.29) is 5.91 Å². The molecule has 2 aromatic heterocycles. The van der Waals surface area contributed by atoms with Crippen LogP contribution >= 0.6 is 11.3 Å². The lowest BCUT2D eigenvalue weighted by Gasteiger charge is -2.28. The quantitative estimate of drug-likeness (QED) is 0.826. The fourth-order valence-electron chi connectivity index (χ4n) is 3.56. The molecule has 4 heterocycles. The van der Waals surface area contributed by atoms with Crippen molar-refractivity contribution in [2.75, 3.05) is 31.1 Å². The van der Waals surface area contributed by atoms with Gasteiger partial charge in [-0.15, -0.1) is 0 Å². The van der Waals surface area contributed by atoms with Gasteiger partial charge >= 0.3 is 0 Å². The van der Waals surface area contributed by atoms with Gasteiger partial charge in [0.25, 0.3) is 5.91 Å². The van der Waals surface area contributed by atoms with Crippen molar-refractivity contribution in [3.05, 3.63) is 46.7 Å². The average molecular weight is 369 g/mol. The smallest absolute Gasteiger partial charge is 0.265 e. The van der Waals surface area contributed by atoms with Gasteiger partial charge in [-0.1, -0.05) is 23.0 Å². The van der Waals surface area contributed by atoms with Crippen LogP contribution in [0.2, 0.25) is 0 Å². The van der Waals surface area contributed by atoms with Crippen molar-refractivity contribution in [2.45, 2.75) is 32.1 Å². The van der Waals surface area contributed by atoms with Gasteiger partial charge in [-0.05, 0) is 50.3 Å². The Bertz CT molecular complexity index is 770. The van der Waals surface area contributed by atoms with Gasteiger partial charge < -0.3 is 9.80 Å². The van der Waals surface area contributed by atoms with Crippen LogP contribution < -0.4 is 4.90 Å². The number of amides is 1. The lowest BCUT2D eigenvalue weighted by molar-refractivity contribution is 0.0729. The fourth-order valence-corrected chi connectivity index (χ4v) is 4.50. The third-order valence-electron chi connectivity index (χ3n) is 5.06. The zero-order valence-electron chi connectivity index (χ0n) is 14.9. The summed E-state index contributed by atoms with van der Waals surface area (Å²) in [5, 5.41) is 0.974. The highest BCUT2D eigenvalue weighted by Crippen LogP contribution is 2.29. The maximum Gasteiger partial charge on any atom is 0.265 e. The van der Waals surface area contributed by atoms with Crippen molar-refractivity contribution in [2.24, 2.45) is 0 Å². The minimum absolute atomic E-state index is 0.154. The standard InChI is InChI=1S/C20H24N4OS/c25-19(23-10-4-1-5-11-23)18-15-22-20(26-18)24-12-7-16(8-13-24)14-17-6-2-3-9-21-17/h2-3,6,9,14-15H,1,4-5,7-8,10-13H2. The lowest BCUT2D eigenvalue weighted by atomic mass is 10.0. The van der Waals surface area contributed by atoms with Crippen LogP contribution in [0, 0.1) is 0 Å². The number of piperidine rings is 2. The maximum atomic E-state index is 12.6. The molecule has 0 spiro atoms. The fraction of sp³-hybridized carbons (Fsp3) is 0.450. The van der Waals surface area contributed by atoms with Gasteiger partial charge in [-0.25, -0.2) is 4.98 Å². The first-order chi connectivity index (χ1) is 12.8. The van der Waals surface area contributed by atoms with Crippen LogP contribution in [-0.4, -0.2) is 47.0 Å². The van der Waals surface area contributed by atoms with Crippen LogP contribution in [-0.2, 0) is 0 Å². The molecular formula is C20H24N4OS. The van der Waals surface area contributed by atoms with E-state index in [0.29, 0.717) is 0 Å². The molecule has 6 heteroatoms. The molecule has 26 heavy (non-hydrogen) atoms. The van der Waals surface area contributed by atoms with Crippen LogP contribution in [0.4, 0.5) is 5.13 Å². The van der Waals surface area contributed by atoms with E-state index in [1.165, 1.54) is 23.3 Å². The molecule has 0 aromatic carbocycles. The van der Waals surface area contributed by atoms with Crippen molar-refractivity contribution in [3.63, 3.8) is 0 Å². The van der Waals surface area contributed by atoms with Gasteiger partial charge in [0.15, 0.2) is 5.13 Å². The number of hydrogen-bond acceptors (Lipinski definition) is 5. The molecule has 2 aliphatic heterocycles. The summed E-state index contributed by atoms with van der Waals surface area (Å²) in [5.74, 6) is 0.154. The van der Waals surface area contributed by atoms with Crippen LogP contribution in [0.5, 0.6) is 0 Å². The molecule has 0 atom stereocenters. The number of hydrogen-bond donors (Lipinski definition) is 0. The zero-order chi connectivity index (χ0) is 17.8. The summed E-state index contributed by atoms with van der Waals surface area (Å²) in [6, 6.07) is 6.00. The highest BCUT2D eigenvalue weighted by molar-refractivity contribution is 7.17. The first kappa shape index (κ1) is 17.2. The number of anilines is 1. The van der Waals surface area contributed by atoms with E-state index >= 15 is 0 Å². The molecule has 4 rings (SSSR count). The van der Waals surface area contributed by atoms with Crippen molar-refractivity contribution in [3.8, 4) is 0 Å². The highest BCUT2D eigenvalue weighted by atomic mass is 32.1. The molecule has 2 aliphatic rings. The number of nitrogens with zero attached hydrogens (tertiary/aromatic N) is 4. The van der Waals surface area contributed by atoms with Gasteiger partial charge in [0.2, 0.25) is 0 Å². The molecule has 0 radical (unpaired) electrons. The van der Waals surface area contributed by atoms with Gasteiger partial charge in [0.1, 0.15) is 4.88 Å². The van der Waals surface area contributed by atoms with E-state index < -0.39 is 0 Å². The number of thiazole rings is 1.